The molecular formula is C29H40N4O2. The highest BCUT2D eigenvalue weighted by Crippen LogP contribution is 2.41. The SMILES string of the molecule is CC(N)[C@H]1CC[C@H](C(=O)N2CCC(C3CCCCC3)[C@H]2C(=O)Nc2ccc3ncccc3c2)CC1. The van der Waals surface area contributed by atoms with E-state index in [1.165, 1.54) is 32.1 Å². The number of carbonyl (C=O) groups excluding carboxylic acids is 2. The molecule has 1 aromatic heterocycles. The fraction of sp³-hybridized carbons (Fsp3) is 0.621. The number of nitrogens with two attached hydrogens (primary N) is 1. The maximum absolute atomic E-state index is 13.8. The van der Waals surface area contributed by atoms with E-state index in [0.717, 1.165) is 48.7 Å². The molecule has 3 fully saturated rings. The van der Waals surface area contributed by atoms with E-state index in [0.29, 0.717) is 18.4 Å². The molecule has 3 aliphatic rings. The first kappa shape index (κ1) is 24.2. The lowest BCUT2D eigenvalue weighted by Crippen LogP contribution is -2.50. The van der Waals surface area contributed by atoms with Gasteiger partial charge in [-0.2, -0.15) is 0 Å². The Morgan fingerprint density at radius 3 is 2.54 bits per heavy atom. The third-order valence-corrected chi connectivity index (χ3v) is 8.99. The molecule has 3 atom stereocenters. The number of benzene rings is 1. The molecule has 6 nitrogen and oxygen atoms in total. The molecule has 1 aromatic carbocycles. The number of amides is 2. The first-order chi connectivity index (χ1) is 17.0. The van der Waals surface area contributed by atoms with Crippen LogP contribution in [-0.4, -0.2) is 40.3 Å². The van der Waals surface area contributed by atoms with Crippen LogP contribution in [0.2, 0.25) is 0 Å². The average Bonchev–Trinajstić information content (AvgIpc) is 3.34. The van der Waals surface area contributed by atoms with Gasteiger partial charge in [0.25, 0.3) is 0 Å². The third-order valence-electron chi connectivity index (χ3n) is 8.99. The van der Waals surface area contributed by atoms with Crippen molar-refractivity contribution in [3.63, 3.8) is 0 Å². The molecule has 6 heteroatoms. The van der Waals surface area contributed by atoms with Gasteiger partial charge in [-0.15, -0.1) is 0 Å². The summed E-state index contributed by atoms with van der Waals surface area (Å²) in [6.07, 6.45) is 12.6. The maximum atomic E-state index is 13.8. The summed E-state index contributed by atoms with van der Waals surface area (Å²) in [7, 11) is 0. The summed E-state index contributed by atoms with van der Waals surface area (Å²) in [5.41, 5.74) is 7.81. The Morgan fingerprint density at radius 1 is 1.03 bits per heavy atom. The lowest BCUT2D eigenvalue weighted by Gasteiger charge is -2.36. The molecule has 0 radical (unpaired) electrons. The van der Waals surface area contributed by atoms with Crippen LogP contribution in [0.4, 0.5) is 5.69 Å². The number of hydrogen-bond donors (Lipinski definition) is 2. The summed E-state index contributed by atoms with van der Waals surface area (Å²) in [6.45, 7) is 2.78. The highest BCUT2D eigenvalue weighted by Gasteiger charge is 2.46. The molecule has 1 aliphatic heterocycles. The van der Waals surface area contributed by atoms with Gasteiger partial charge in [0, 0.05) is 35.8 Å². The Morgan fingerprint density at radius 2 is 1.80 bits per heavy atom. The van der Waals surface area contributed by atoms with Crippen molar-refractivity contribution in [3.05, 3.63) is 36.5 Å². The normalized spacial score (nSPS) is 28.7. The number of likely N-dealkylation sites (tertiary alicyclic amines) is 1. The van der Waals surface area contributed by atoms with Gasteiger partial charge in [-0.3, -0.25) is 14.6 Å². The molecule has 35 heavy (non-hydrogen) atoms. The summed E-state index contributed by atoms with van der Waals surface area (Å²) in [6, 6.07) is 9.56. The van der Waals surface area contributed by atoms with Crippen molar-refractivity contribution >= 4 is 28.4 Å². The number of rotatable bonds is 5. The van der Waals surface area contributed by atoms with Crippen LogP contribution in [0.25, 0.3) is 10.9 Å². The van der Waals surface area contributed by atoms with Gasteiger partial charge in [0.15, 0.2) is 0 Å². The Kier molecular flexibility index (Phi) is 7.37. The number of pyridine rings is 1. The predicted octanol–water partition coefficient (Wildman–Crippen LogP) is 5.12. The van der Waals surface area contributed by atoms with Crippen LogP contribution in [0, 0.1) is 23.7 Å². The summed E-state index contributed by atoms with van der Waals surface area (Å²) in [4.78, 5) is 33.9. The minimum atomic E-state index is -0.374. The Balaban J connectivity index is 1.35. The zero-order valence-electron chi connectivity index (χ0n) is 21.0. The second-order valence-electron chi connectivity index (χ2n) is 11.2. The molecule has 5 rings (SSSR count). The predicted molar refractivity (Wildman–Crippen MR) is 140 cm³/mol. The van der Waals surface area contributed by atoms with Crippen molar-refractivity contribution < 1.29 is 9.59 Å². The number of aromatic nitrogens is 1. The topological polar surface area (TPSA) is 88.3 Å². The van der Waals surface area contributed by atoms with E-state index in [9.17, 15) is 9.59 Å². The first-order valence-electron chi connectivity index (χ1n) is 13.7. The molecule has 0 bridgehead atoms. The lowest BCUT2D eigenvalue weighted by atomic mass is 9.76. The minimum absolute atomic E-state index is 0.0251. The lowest BCUT2D eigenvalue weighted by molar-refractivity contribution is -0.142. The highest BCUT2D eigenvalue weighted by atomic mass is 16.2. The van der Waals surface area contributed by atoms with Crippen molar-refractivity contribution in [2.45, 2.75) is 83.2 Å². The molecule has 2 unspecified atom stereocenters. The largest absolute Gasteiger partial charge is 0.330 e. The third kappa shape index (κ3) is 5.23. The summed E-state index contributed by atoms with van der Waals surface area (Å²) in [5.74, 6) is 1.48. The summed E-state index contributed by atoms with van der Waals surface area (Å²) in [5, 5.41) is 4.18. The summed E-state index contributed by atoms with van der Waals surface area (Å²) < 4.78 is 0. The van der Waals surface area contributed by atoms with Gasteiger partial charge in [0.1, 0.15) is 6.04 Å². The van der Waals surface area contributed by atoms with E-state index in [-0.39, 0.29) is 35.7 Å². The summed E-state index contributed by atoms with van der Waals surface area (Å²) >= 11 is 0. The van der Waals surface area contributed by atoms with Gasteiger partial charge >= 0.3 is 0 Å². The number of hydrogen-bond acceptors (Lipinski definition) is 4. The van der Waals surface area contributed by atoms with E-state index >= 15 is 0 Å². The zero-order chi connectivity index (χ0) is 24.4. The molecule has 2 saturated carbocycles. The van der Waals surface area contributed by atoms with Gasteiger partial charge < -0.3 is 16.0 Å². The molecule has 2 heterocycles. The molecule has 188 valence electrons. The van der Waals surface area contributed by atoms with Crippen molar-refractivity contribution in [2.75, 3.05) is 11.9 Å². The number of carbonyl (C=O) groups is 2. The molecule has 2 amide bonds. The van der Waals surface area contributed by atoms with Crippen LogP contribution in [-0.2, 0) is 9.59 Å². The fourth-order valence-electron chi connectivity index (χ4n) is 6.95. The van der Waals surface area contributed by atoms with Crippen LogP contribution in [0.15, 0.2) is 36.5 Å². The molecular weight excluding hydrogens is 436 g/mol. The highest BCUT2D eigenvalue weighted by molar-refractivity contribution is 5.99. The van der Waals surface area contributed by atoms with Crippen molar-refractivity contribution in [1.29, 1.82) is 0 Å². The van der Waals surface area contributed by atoms with Crippen LogP contribution in [0.5, 0.6) is 0 Å². The monoisotopic (exact) mass is 476 g/mol. The van der Waals surface area contributed by atoms with Crippen LogP contribution < -0.4 is 11.1 Å². The fourth-order valence-corrected chi connectivity index (χ4v) is 6.95. The molecule has 0 spiro atoms. The number of anilines is 1. The first-order valence-corrected chi connectivity index (χ1v) is 13.7. The minimum Gasteiger partial charge on any atom is -0.330 e. The molecule has 2 aliphatic carbocycles. The van der Waals surface area contributed by atoms with Crippen molar-refractivity contribution in [2.24, 2.45) is 29.4 Å². The smallest absolute Gasteiger partial charge is 0.247 e. The Hall–Kier alpha value is -2.47. The number of nitrogens with one attached hydrogen (secondary N) is 1. The van der Waals surface area contributed by atoms with E-state index in [2.05, 4.69) is 17.2 Å². The van der Waals surface area contributed by atoms with Crippen LogP contribution in [0.3, 0.4) is 0 Å². The van der Waals surface area contributed by atoms with Crippen LogP contribution >= 0.6 is 0 Å². The quantitative estimate of drug-likeness (QED) is 0.627. The number of fused-ring (bicyclic) bond motifs is 1. The molecule has 2 aromatic rings. The second-order valence-corrected chi connectivity index (χ2v) is 11.2. The van der Waals surface area contributed by atoms with Gasteiger partial charge in [-0.25, -0.2) is 0 Å². The van der Waals surface area contributed by atoms with Crippen molar-refractivity contribution in [3.8, 4) is 0 Å². The van der Waals surface area contributed by atoms with Crippen molar-refractivity contribution in [1.82, 2.24) is 9.88 Å². The van der Waals surface area contributed by atoms with E-state index in [1.807, 2.05) is 35.2 Å². The van der Waals surface area contributed by atoms with Gasteiger partial charge in [-0.1, -0.05) is 38.2 Å². The number of nitrogens with zero attached hydrogens (tertiary/aromatic N) is 2. The van der Waals surface area contributed by atoms with Crippen LogP contribution in [0.1, 0.15) is 71.1 Å². The van der Waals surface area contributed by atoms with Gasteiger partial charge in [-0.05, 0) is 81.0 Å². The second kappa shape index (κ2) is 10.7. The molecule has 1 saturated heterocycles. The van der Waals surface area contributed by atoms with E-state index in [4.69, 9.17) is 5.73 Å². The van der Waals surface area contributed by atoms with Gasteiger partial charge in [0.2, 0.25) is 11.8 Å². The molecule has 3 N–H and O–H groups in total. The Bertz CT molecular complexity index is 1040. The van der Waals surface area contributed by atoms with E-state index in [1.54, 1.807) is 6.20 Å². The average molecular weight is 477 g/mol. The maximum Gasteiger partial charge on any atom is 0.247 e. The van der Waals surface area contributed by atoms with Gasteiger partial charge in [0.05, 0.1) is 5.52 Å². The Labute approximate surface area is 209 Å². The van der Waals surface area contributed by atoms with E-state index < -0.39 is 0 Å². The zero-order valence-corrected chi connectivity index (χ0v) is 21.0. The standard InChI is InChI=1S/C29H40N4O2/c1-19(30)20-9-11-22(12-10-20)29(35)33-17-15-25(21-6-3-2-4-7-21)27(33)28(34)32-24-13-14-26-23(18-24)8-5-16-31-26/h5,8,13-14,16,18-22,25,27H,2-4,6-7,9-12,15,17,30H2,1H3,(H,32,34)/t19?,20-,22-,25?,27-/m0/s1.